The topological polar surface area (TPSA) is 123 Å². The fourth-order valence-electron chi connectivity index (χ4n) is 2.62. The van der Waals surface area contributed by atoms with E-state index < -0.39 is 17.7 Å². The lowest BCUT2D eigenvalue weighted by molar-refractivity contribution is -0.133. The molecule has 0 aromatic heterocycles. The van der Waals surface area contributed by atoms with Crippen molar-refractivity contribution in [1.82, 2.24) is 5.43 Å². The zero-order valence-electron chi connectivity index (χ0n) is 15.9. The van der Waals surface area contributed by atoms with Crippen molar-refractivity contribution < 1.29 is 19.1 Å². The van der Waals surface area contributed by atoms with Gasteiger partial charge in [-0.1, -0.05) is 54.6 Å². The quantitative estimate of drug-likeness (QED) is 0.217. The zero-order valence-corrected chi connectivity index (χ0v) is 15.9. The van der Waals surface area contributed by atoms with Crippen molar-refractivity contribution in [3.8, 4) is 16.9 Å². The van der Waals surface area contributed by atoms with Crippen LogP contribution in [0.5, 0.6) is 5.75 Å². The Balaban J connectivity index is 1.61. The number of carbonyl (C=O) groups excluding carboxylic acids is 3. The molecule has 8 heteroatoms. The number of anilines is 2. The molecule has 0 saturated carbocycles. The molecule has 3 aromatic carbocycles. The molecule has 0 saturated heterocycles. The minimum absolute atomic E-state index is 0.231. The van der Waals surface area contributed by atoms with Gasteiger partial charge in [0.1, 0.15) is 5.75 Å². The summed E-state index contributed by atoms with van der Waals surface area (Å²) in [6, 6.07) is 23.4. The lowest BCUT2D eigenvalue weighted by Gasteiger charge is -2.12. The average Bonchev–Trinajstić information content (AvgIpc) is 2.79. The second kappa shape index (κ2) is 9.85. The first-order chi connectivity index (χ1) is 14.6. The van der Waals surface area contributed by atoms with E-state index in [1.807, 2.05) is 47.9 Å². The van der Waals surface area contributed by atoms with Crippen molar-refractivity contribution in [3.63, 3.8) is 0 Å². The number of ether oxygens (including phenoxy) is 1. The molecule has 0 aliphatic carbocycles. The molecule has 152 valence electrons. The first-order valence-electron chi connectivity index (χ1n) is 9.06. The molecule has 0 atom stereocenters. The van der Waals surface area contributed by atoms with E-state index in [2.05, 4.69) is 10.6 Å². The summed E-state index contributed by atoms with van der Waals surface area (Å²) in [5, 5.41) is 5.02. The molecule has 30 heavy (non-hydrogen) atoms. The summed E-state index contributed by atoms with van der Waals surface area (Å²) >= 11 is 0. The Kier molecular flexibility index (Phi) is 6.75. The Hall–Kier alpha value is -4.17. The third kappa shape index (κ3) is 5.43. The van der Waals surface area contributed by atoms with Crippen molar-refractivity contribution in [2.24, 2.45) is 5.84 Å². The summed E-state index contributed by atoms with van der Waals surface area (Å²) < 4.78 is 5.31. The molecule has 3 amide bonds. The van der Waals surface area contributed by atoms with Crippen LogP contribution in [0.25, 0.3) is 11.1 Å². The van der Waals surface area contributed by atoms with Gasteiger partial charge in [0, 0.05) is 5.69 Å². The van der Waals surface area contributed by atoms with Gasteiger partial charge in [-0.2, -0.15) is 0 Å². The molecule has 3 rings (SSSR count). The summed E-state index contributed by atoms with van der Waals surface area (Å²) in [5.74, 6) is 2.99. The van der Waals surface area contributed by atoms with Crippen LogP contribution in [-0.2, 0) is 14.4 Å². The highest BCUT2D eigenvalue weighted by Gasteiger charge is 2.16. The van der Waals surface area contributed by atoms with Gasteiger partial charge in [0.2, 0.25) is 0 Å². The van der Waals surface area contributed by atoms with Crippen LogP contribution in [0, 0.1) is 0 Å². The first-order valence-corrected chi connectivity index (χ1v) is 9.06. The number of hydrazine groups is 1. The van der Waals surface area contributed by atoms with E-state index in [1.54, 1.807) is 36.4 Å². The molecule has 0 aliphatic rings. The van der Waals surface area contributed by atoms with Gasteiger partial charge in [0.25, 0.3) is 5.91 Å². The maximum Gasteiger partial charge on any atom is 0.314 e. The molecule has 0 bridgehead atoms. The molecule has 0 unspecified atom stereocenters. The lowest BCUT2D eigenvalue weighted by Crippen LogP contribution is -2.34. The van der Waals surface area contributed by atoms with Gasteiger partial charge in [-0.3, -0.25) is 19.8 Å². The monoisotopic (exact) mass is 404 g/mol. The molecule has 3 aromatic rings. The second-order valence-corrected chi connectivity index (χ2v) is 6.20. The standard InChI is InChI=1S/C22H20N4O4/c23-26-20(27)14-30-19-9-5-4-8-18(19)25-22(29)21(28)24-17-12-10-16(11-13-17)15-6-2-1-3-7-15/h1-13H,14,23H2,(H,24,28)(H,25,29)(H,26,27). The van der Waals surface area contributed by atoms with Gasteiger partial charge in [-0.25, -0.2) is 5.84 Å². The van der Waals surface area contributed by atoms with Crippen molar-refractivity contribution in [3.05, 3.63) is 78.9 Å². The normalized spacial score (nSPS) is 10.0. The van der Waals surface area contributed by atoms with E-state index >= 15 is 0 Å². The van der Waals surface area contributed by atoms with Gasteiger partial charge < -0.3 is 15.4 Å². The van der Waals surface area contributed by atoms with Gasteiger partial charge in [-0.05, 0) is 35.4 Å². The van der Waals surface area contributed by atoms with E-state index in [9.17, 15) is 14.4 Å². The fraction of sp³-hybridized carbons (Fsp3) is 0.0455. The van der Waals surface area contributed by atoms with Crippen molar-refractivity contribution >= 4 is 29.1 Å². The minimum atomic E-state index is -0.874. The van der Waals surface area contributed by atoms with Crippen molar-refractivity contribution in [2.45, 2.75) is 0 Å². The van der Waals surface area contributed by atoms with Crippen LogP contribution in [-0.4, -0.2) is 24.3 Å². The Morgan fingerprint density at radius 3 is 2.03 bits per heavy atom. The molecule has 5 N–H and O–H groups in total. The molecular weight excluding hydrogens is 384 g/mol. The fourth-order valence-corrected chi connectivity index (χ4v) is 2.62. The van der Waals surface area contributed by atoms with Gasteiger partial charge >= 0.3 is 11.8 Å². The summed E-state index contributed by atoms with van der Waals surface area (Å²) in [7, 11) is 0. The molecule has 0 aliphatic heterocycles. The number of amides is 3. The lowest BCUT2D eigenvalue weighted by atomic mass is 10.1. The van der Waals surface area contributed by atoms with Crippen LogP contribution in [0.15, 0.2) is 78.9 Å². The van der Waals surface area contributed by atoms with Crippen LogP contribution < -0.4 is 26.6 Å². The van der Waals surface area contributed by atoms with E-state index in [0.29, 0.717) is 5.69 Å². The molecular formula is C22H20N4O4. The number of rotatable bonds is 6. The van der Waals surface area contributed by atoms with Crippen LogP contribution >= 0.6 is 0 Å². The summed E-state index contributed by atoms with van der Waals surface area (Å²) in [6.07, 6.45) is 0. The Labute approximate surface area is 173 Å². The number of benzene rings is 3. The van der Waals surface area contributed by atoms with Crippen LogP contribution in [0.4, 0.5) is 11.4 Å². The third-order valence-electron chi connectivity index (χ3n) is 4.11. The highest BCUT2D eigenvalue weighted by Crippen LogP contribution is 2.24. The number of nitrogens with one attached hydrogen (secondary N) is 3. The number of para-hydroxylation sites is 2. The summed E-state index contributed by atoms with van der Waals surface area (Å²) in [4.78, 5) is 35.8. The minimum Gasteiger partial charge on any atom is -0.482 e. The van der Waals surface area contributed by atoms with Crippen LogP contribution in [0.3, 0.4) is 0 Å². The average molecular weight is 404 g/mol. The summed E-state index contributed by atoms with van der Waals surface area (Å²) in [6.45, 7) is -0.330. The van der Waals surface area contributed by atoms with Crippen LogP contribution in [0.1, 0.15) is 0 Å². The number of nitrogens with two attached hydrogens (primary N) is 1. The predicted octanol–water partition coefficient (Wildman–Crippen LogP) is 2.30. The second-order valence-electron chi connectivity index (χ2n) is 6.20. The molecule has 0 radical (unpaired) electrons. The van der Waals surface area contributed by atoms with E-state index in [4.69, 9.17) is 10.6 Å². The predicted molar refractivity (Wildman–Crippen MR) is 113 cm³/mol. The van der Waals surface area contributed by atoms with E-state index in [1.165, 1.54) is 0 Å². The Morgan fingerprint density at radius 1 is 0.733 bits per heavy atom. The SMILES string of the molecule is NNC(=O)COc1ccccc1NC(=O)C(=O)Nc1ccc(-c2ccccc2)cc1. The Bertz CT molecular complexity index is 1040. The van der Waals surface area contributed by atoms with E-state index in [-0.39, 0.29) is 18.0 Å². The number of carbonyl (C=O) groups is 3. The maximum absolute atomic E-state index is 12.3. The van der Waals surface area contributed by atoms with Gasteiger partial charge in [-0.15, -0.1) is 0 Å². The largest absolute Gasteiger partial charge is 0.482 e. The van der Waals surface area contributed by atoms with Gasteiger partial charge in [0.05, 0.1) is 5.69 Å². The highest BCUT2D eigenvalue weighted by atomic mass is 16.5. The smallest absolute Gasteiger partial charge is 0.314 e. The molecule has 0 fully saturated rings. The molecule has 0 spiro atoms. The molecule has 8 nitrogen and oxygen atoms in total. The molecule has 0 heterocycles. The zero-order chi connectivity index (χ0) is 21.3. The third-order valence-corrected chi connectivity index (χ3v) is 4.11. The van der Waals surface area contributed by atoms with Gasteiger partial charge in [0.15, 0.2) is 6.61 Å². The van der Waals surface area contributed by atoms with Crippen LogP contribution in [0.2, 0.25) is 0 Å². The highest BCUT2D eigenvalue weighted by molar-refractivity contribution is 6.43. The van der Waals surface area contributed by atoms with Crippen molar-refractivity contribution in [2.75, 3.05) is 17.2 Å². The summed E-state index contributed by atoms with van der Waals surface area (Å²) in [5.41, 5.74) is 4.72. The van der Waals surface area contributed by atoms with Crippen molar-refractivity contribution in [1.29, 1.82) is 0 Å². The Morgan fingerprint density at radius 2 is 1.33 bits per heavy atom. The number of hydrogen-bond acceptors (Lipinski definition) is 5. The number of hydrogen-bond donors (Lipinski definition) is 4. The maximum atomic E-state index is 12.3. The first kappa shape index (κ1) is 20.6. The van der Waals surface area contributed by atoms with E-state index in [0.717, 1.165) is 11.1 Å².